The second-order valence-corrected chi connectivity index (χ2v) is 5.45. The molecule has 0 fully saturated rings. The van der Waals surface area contributed by atoms with Crippen LogP contribution in [0.1, 0.15) is 19.7 Å². The molecule has 0 bridgehead atoms. The quantitative estimate of drug-likeness (QED) is 0.768. The standard InChI is InChI=1S/C15H20N4O3/c1-8(2)14(16)15(21)17-7-13(20)19-10-4-5-12-11(6-10)18-9(3)22-12/h4-6,8,14H,7,16H2,1-3H3,(H,17,21)(H,19,20)/t14-/m0/s1. The highest BCUT2D eigenvalue weighted by molar-refractivity contribution is 5.96. The number of hydrogen-bond donors (Lipinski definition) is 3. The second-order valence-electron chi connectivity index (χ2n) is 5.45. The first-order valence-electron chi connectivity index (χ1n) is 7.07. The molecule has 2 aromatic rings. The summed E-state index contributed by atoms with van der Waals surface area (Å²) in [5.41, 5.74) is 7.62. The fraction of sp³-hybridized carbons (Fsp3) is 0.400. The normalized spacial score (nSPS) is 12.4. The minimum Gasteiger partial charge on any atom is -0.441 e. The van der Waals surface area contributed by atoms with E-state index in [-0.39, 0.29) is 24.3 Å². The Balaban J connectivity index is 1.92. The number of nitrogens with one attached hydrogen (secondary N) is 2. The van der Waals surface area contributed by atoms with E-state index in [4.69, 9.17) is 10.2 Å². The van der Waals surface area contributed by atoms with Gasteiger partial charge in [0.25, 0.3) is 0 Å². The summed E-state index contributed by atoms with van der Waals surface area (Å²) >= 11 is 0. The van der Waals surface area contributed by atoms with Gasteiger partial charge in [0.15, 0.2) is 11.5 Å². The maximum atomic E-state index is 11.8. The molecule has 1 aromatic carbocycles. The summed E-state index contributed by atoms with van der Waals surface area (Å²) in [6, 6.07) is 4.54. The first kappa shape index (κ1) is 16.0. The minimum atomic E-state index is -0.623. The number of nitrogens with two attached hydrogens (primary N) is 1. The van der Waals surface area contributed by atoms with Gasteiger partial charge in [-0.2, -0.15) is 0 Å². The van der Waals surface area contributed by atoms with Crippen LogP contribution in [0.5, 0.6) is 0 Å². The SMILES string of the molecule is Cc1nc2cc(NC(=O)CNC(=O)[C@@H](N)C(C)C)ccc2o1. The lowest BCUT2D eigenvalue weighted by Crippen LogP contribution is -2.46. The van der Waals surface area contributed by atoms with E-state index in [2.05, 4.69) is 15.6 Å². The van der Waals surface area contributed by atoms with Crippen molar-refractivity contribution in [2.24, 2.45) is 11.7 Å². The van der Waals surface area contributed by atoms with Crippen molar-refractivity contribution in [3.05, 3.63) is 24.1 Å². The minimum absolute atomic E-state index is 0.0147. The third kappa shape index (κ3) is 3.82. The van der Waals surface area contributed by atoms with Crippen LogP contribution >= 0.6 is 0 Å². The molecular weight excluding hydrogens is 284 g/mol. The number of aryl methyl sites for hydroxylation is 1. The molecule has 0 aliphatic rings. The molecule has 7 nitrogen and oxygen atoms in total. The monoisotopic (exact) mass is 304 g/mol. The lowest BCUT2D eigenvalue weighted by molar-refractivity contribution is -0.125. The molecule has 0 saturated heterocycles. The van der Waals surface area contributed by atoms with Gasteiger partial charge in [0, 0.05) is 12.6 Å². The number of anilines is 1. The molecule has 0 radical (unpaired) electrons. The van der Waals surface area contributed by atoms with Crippen LogP contribution in [0.25, 0.3) is 11.1 Å². The summed E-state index contributed by atoms with van der Waals surface area (Å²) in [6.07, 6.45) is 0. The summed E-state index contributed by atoms with van der Waals surface area (Å²) < 4.78 is 5.36. The van der Waals surface area contributed by atoms with Crippen molar-refractivity contribution in [3.8, 4) is 0 Å². The van der Waals surface area contributed by atoms with Gasteiger partial charge in [0.05, 0.1) is 12.6 Å². The van der Waals surface area contributed by atoms with Crippen molar-refractivity contribution in [1.82, 2.24) is 10.3 Å². The molecule has 0 aliphatic heterocycles. The molecule has 118 valence electrons. The molecule has 0 unspecified atom stereocenters. The largest absolute Gasteiger partial charge is 0.441 e. The summed E-state index contributed by atoms with van der Waals surface area (Å²) in [5, 5.41) is 5.21. The maximum Gasteiger partial charge on any atom is 0.243 e. The van der Waals surface area contributed by atoms with E-state index in [1.165, 1.54) is 0 Å². The Kier molecular flexibility index (Phi) is 4.77. The van der Waals surface area contributed by atoms with Crippen LogP contribution in [0.2, 0.25) is 0 Å². The van der Waals surface area contributed by atoms with Crippen molar-refractivity contribution in [2.45, 2.75) is 26.8 Å². The number of carbonyl (C=O) groups excluding carboxylic acids is 2. The Morgan fingerprint density at radius 3 is 2.77 bits per heavy atom. The fourth-order valence-electron chi connectivity index (χ4n) is 1.91. The van der Waals surface area contributed by atoms with Crippen molar-refractivity contribution in [2.75, 3.05) is 11.9 Å². The van der Waals surface area contributed by atoms with Gasteiger partial charge in [-0.25, -0.2) is 4.98 Å². The number of aromatic nitrogens is 1. The number of amides is 2. The summed E-state index contributed by atoms with van der Waals surface area (Å²) in [6.45, 7) is 5.32. The van der Waals surface area contributed by atoms with Crippen LogP contribution in [0.15, 0.2) is 22.6 Å². The van der Waals surface area contributed by atoms with Gasteiger partial charge >= 0.3 is 0 Å². The Bertz CT molecular complexity index is 693. The van der Waals surface area contributed by atoms with Crippen LogP contribution in [-0.2, 0) is 9.59 Å². The number of rotatable bonds is 5. The topological polar surface area (TPSA) is 110 Å². The number of oxazole rings is 1. The van der Waals surface area contributed by atoms with E-state index in [1.54, 1.807) is 25.1 Å². The van der Waals surface area contributed by atoms with E-state index in [9.17, 15) is 9.59 Å². The fourth-order valence-corrected chi connectivity index (χ4v) is 1.91. The first-order chi connectivity index (χ1) is 10.4. The van der Waals surface area contributed by atoms with Gasteiger partial charge in [-0.15, -0.1) is 0 Å². The van der Waals surface area contributed by atoms with E-state index >= 15 is 0 Å². The molecule has 2 rings (SSSR count). The molecular formula is C15H20N4O3. The van der Waals surface area contributed by atoms with Crippen LogP contribution in [0.3, 0.4) is 0 Å². The number of carbonyl (C=O) groups is 2. The lowest BCUT2D eigenvalue weighted by atomic mass is 10.1. The summed E-state index contributed by atoms with van der Waals surface area (Å²) in [7, 11) is 0. The smallest absolute Gasteiger partial charge is 0.243 e. The Morgan fingerprint density at radius 2 is 2.09 bits per heavy atom. The van der Waals surface area contributed by atoms with Crippen LogP contribution in [-0.4, -0.2) is 29.4 Å². The van der Waals surface area contributed by atoms with Gasteiger partial charge < -0.3 is 20.8 Å². The number of nitrogens with zero attached hydrogens (tertiary/aromatic N) is 1. The summed E-state index contributed by atoms with van der Waals surface area (Å²) in [4.78, 5) is 27.7. The second kappa shape index (κ2) is 6.57. The highest BCUT2D eigenvalue weighted by atomic mass is 16.3. The molecule has 2 amide bonds. The lowest BCUT2D eigenvalue weighted by Gasteiger charge is -2.15. The predicted molar refractivity (Wildman–Crippen MR) is 83.2 cm³/mol. The molecule has 1 aromatic heterocycles. The number of hydrogen-bond acceptors (Lipinski definition) is 5. The molecule has 0 spiro atoms. The first-order valence-corrected chi connectivity index (χ1v) is 7.07. The van der Waals surface area contributed by atoms with Crippen molar-refractivity contribution in [1.29, 1.82) is 0 Å². The molecule has 1 atom stereocenters. The number of fused-ring (bicyclic) bond motifs is 1. The maximum absolute atomic E-state index is 11.8. The van der Waals surface area contributed by atoms with E-state index < -0.39 is 6.04 Å². The molecule has 1 heterocycles. The van der Waals surface area contributed by atoms with Crippen molar-refractivity contribution < 1.29 is 14.0 Å². The van der Waals surface area contributed by atoms with Gasteiger partial charge in [0.1, 0.15) is 5.52 Å². The third-order valence-corrected chi connectivity index (χ3v) is 3.22. The van der Waals surface area contributed by atoms with Crippen molar-refractivity contribution >= 4 is 28.6 Å². The highest BCUT2D eigenvalue weighted by Crippen LogP contribution is 2.19. The van der Waals surface area contributed by atoms with Gasteiger partial charge in [-0.1, -0.05) is 13.8 Å². The molecule has 22 heavy (non-hydrogen) atoms. The molecule has 0 saturated carbocycles. The molecule has 4 N–H and O–H groups in total. The van der Waals surface area contributed by atoms with Gasteiger partial charge in [-0.3, -0.25) is 9.59 Å². The average molecular weight is 304 g/mol. The van der Waals surface area contributed by atoms with Crippen molar-refractivity contribution in [3.63, 3.8) is 0 Å². The third-order valence-electron chi connectivity index (χ3n) is 3.22. The van der Waals surface area contributed by atoms with E-state index in [0.717, 1.165) is 0 Å². The van der Waals surface area contributed by atoms with Crippen LogP contribution < -0.4 is 16.4 Å². The van der Waals surface area contributed by atoms with Gasteiger partial charge in [-0.05, 0) is 24.1 Å². The Labute approximate surface area is 128 Å². The summed E-state index contributed by atoms with van der Waals surface area (Å²) in [5.74, 6) is -0.0918. The number of benzene rings is 1. The van der Waals surface area contributed by atoms with Crippen LogP contribution in [0.4, 0.5) is 5.69 Å². The Morgan fingerprint density at radius 1 is 1.36 bits per heavy atom. The highest BCUT2D eigenvalue weighted by Gasteiger charge is 2.17. The van der Waals surface area contributed by atoms with Crippen LogP contribution in [0, 0.1) is 12.8 Å². The van der Waals surface area contributed by atoms with E-state index in [0.29, 0.717) is 22.7 Å². The predicted octanol–water partition coefficient (Wildman–Crippen LogP) is 1.17. The van der Waals surface area contributed by atoms with Gasteiger partial charge in [0.2, 0.25) is 11.8 Å². The van der Waals surface area contributed by atoms with E-state index in [1.807, 2.05) is 13.8 Å². The zero-order valence-corrected chi connectivity index (χ0v) is 12.8. The molecule has 0 aliphatic carbocycles. The Hall–Kier alpha value is -2.41. The zero-order valence-electron chi connectivity index (χ0n) is 12.8. The zero-order chi connectivity index (χ0) is 16.3. The molecule has 7 heteroatoms. The average Bonchev–Trinajstić information content (AvgIpc) is 2.83.